The average Bonchev–Trinajstić information content (AvgIpc) is 2.59. The third-order valence-corrected chi connectivity index (χ3v) is 3.62. The number of aromatic nitrogens is 1. The Morgan fingerprint density at radius 2 is 2.00 bits per heavy atom. The van der Waals surface area contributed by atoms with Crippen molar-refractivity contribution < 1.29 is 14.3 Å². The van der Waals surface area contributed by atoms with Gasteiger partial charge in [-0.15, -0.1) is 0 Å². The molecule has 2 aromatic rings. The number of hydrogen-bond acceptors (Lipinski definition) is 3. The van der Waals surface area contributed by atoms with Gasteiger partial charge < -0.3 is 10.4 Å². The van der Waals surface area contributed by atoms with Gasteiger partial charge in [0.1, 0.15) is 5.82 Å². The number of pyridine rings is 1. The maximum atomic E-state index is 12.8. The predicted molar refractivity (Wildman–Crippen MR) is 86.2 cm³/mol. The van der Waals surface area contributed by atoms with Crippen molar-refractivity contribution in [3.8, 4) is 0 Å². The molecule has 0 radical (unpaired) electrons. The van der Waals surface area contributed by atoms with Gasteiger partial charge in [0, 0.05) is 37.4 Å². The summed E-state index contributed by atoms with van der Waals surface area (Å²) in [5.74, 6) is -0.410. The van der Waals surface area contributed by atoms with Gasteiger partial charge in [-0.3, -0.25) is 9.78 Å². The largest absolute Gasteiger partial charge is 0.396 e. The molecule has 1 heterocycles. The van der Waals surface area contributed by atoms with Crippen LogP contribution in [0.5, 0.6) is 0 Å². The smallest absolute Gasteiger partial charge is 0.220 e. The molecule has 1 unspecified atom stereocenters. The highest BCUT2D eigenvalue weighted by molar-refractivity contribution is 5.76. The Morgan fingerprint density at radius 3 is 2.65 bits per heavy atom. The molecule has 5 heteroatoms. The molecule has 23 heavy (non-hydrogen) atoms. The van der Waals surface area contributed by atoms with E-state index in [0.29, 0.717) is 25.8 Å². The zero-order valence-electron chi connectivity index (χ0n) is 12.9. The molecule has 1 aromatic heterocycles. The maximum absolute atomic E-state index is 12.8. The van der Waals surface area contributed by atoms with Crippen molar-refractivity contribution >= 4 is 5.91 Å². The number of hydrogen-bond donors (Lipinski definition) is 2. The summed E-state index contributed by atoms with van der Waals surface area (Å²) in [4.78, 5) is 16.1. The molecule has 1 amide bonds. The van der Waals surface area contributed by atoms with E-state index >= 15 is 0 Å². The molecule has 0 spiro atoms. The first-order valence-electron chi connectivity index (χ1n) is 7.69. The molecule has 0 aliphatic rings. The van der Waals surface area contributed by atoms with E-state index < -0.39 is 0 Å². The van der Waals surface area contributed by atoms with Crippen LogP contribution in [0.3, 0.4) is 0 Å². The third kappa shape index (κ3) is 6.16. The summed E-state index contributed by atoms with van der Waals surface area (Å²) in [5, 5.41) is 12.3. The number of benzene rings is 1. The van der Waals surface area contributed by atoms with E-state index in [2.05, 4.69) is 10.3 Å². The first-order valence-corrected chi connectivity index (χ1v) is 7.69. The molecule has 0 saturated carbocycles. The zero-order valence-corrected chi connectivity index (χ0v) is 12.9. The van der Waals surface area contributed by atoms with Crippen molar-refractivity contribution in [2.24, 2.45) is 5.92 Å². The summed E-state index contributed by atoms with van der Waals surface area (Å²) >= 11 is 0. The Bertz CT molecular complexity index is 602. The van der Waals surface area contributed by atoms with Crippen molar-refractivity contribution in [3.05, 3.63) is 65.7 Å². The zero-order chi connectivity index (χ0) is 16.5. The van der Waals surface area contributed by atoms with Crippen molar-refractivity contribution in [2.75, 3.05) is 13.2 Å². The lowest BCUT2D eigenvalue weighted by molar-refractivity contribution is -0.121. The van der Waals surface area contributed by atoms with Crippen LogP contribution in [0, 0.1) is 11.7 Å². The Morgan fingerprint density at radius 1 is 1.22 bits per heavy atom. The summed E-state index contributed by atoms with van der Waals surface area (Å²) in [6.07, 6.45) is 3.24. The van der Waals surface area contributed by atoms with E-state index in [-0.39, 0.29) is 24.2 Å². The summed E-state index contributed by atoms with van der Waals surface area (Å²) in [6, 6.07) is 11.8. The van der Waals surface area contributed by atoms with Crippen LogP contribution in [0.15, 0.2) is 48.7 Å². The summed E-state index contributed by atoms with van der Waals surface area (Å²) in [5.41, 5.74) is 1.82. The van der Waals surface area contributed by atoms with E-state index in [0.717, 1.165) is 11.3 Å². The fourth-order valence-corrected chi connectivity index (χ4v) is 2.27. The number of amides is 1. The first-order chi connectivity index (χ1) is 11.2. The highest BCUT2D eigenvalue weighted by Gasteiger charge is 2.11. The SMILES string of the molecule is O=C(CCc1ccc(F)cc1)NCC(CO)Cc1ccccn1. The number of carbonyl (C=O) groups excluding carboxylic acids is 1. The van der Waals surface area contributed by atoms with Gasteiger partial charge in [0.25, 0.3) is 0 Å². The van der Waals surface area contributed by atoms with Gasteiger partial charge in [0.2, 0.25) is 5.91 Å². The average molecular weight is 316 g/mol. The third-order valence-electron chi connectivity index (χ3n) is 3.62. The van der Waals surface area contributed by atoms with Gasteiger partial charge >= 0.3 is 0 Å². The number of aryl methyl sites for hydroxylation is 1. The second-order valence-corrected chi connectivity index (χ2v) is 5.50. The number of aliphatic hydroxyl groups excluding tert-OH is 1. The van der Waals surface area contributed by atoms with Crippen LogP contribution < -0.4 is 5.32 Å². The van der Waals surface area contributed by atoms with Crippen LogP contribution in [-0.2, 0) is 17.6 Å². The first kappa shape index (κ1) is 17.1. The van der Waals surface area contributed by atoms with Crippen LogP contribution in [0.25, 0.3) is 0 Å². The van der Waals surface area contributed by atoms with Gasteiger partial charge in [-0.1, -0.05) is 18.2 Å². The Hall–Kier alpha value is -2.27. The number of aliphatic hydroxyl groups is 1. The Kier molecular flexibility index (Phi) is 6.69. The van der Waals surface area contributed by atoms with Gasteiger partial charge in [-0.05, 0) is 42.7 Å². The fraction of sp³-hybridized carbons (Fsp3) is 0.333. The second kappa shape index (κ2) is 9.00. The molecule has 4 nitrogen and oxygen atoms in total. The van der Waals surface area contributed by atoms with Crippen LogP contribution in [0.1, 0.15) is 17.7 Å². The number of nitrogens with zero attached hydrogens (tertiary/aromatic N) is 1. The molecule has 0 aliphatic carbocycles. The molecular weight excluding hydrogens is 295 g/mol. The lowest BCUT2D eigenvalue weighted by Gasteiger charge is -2.14. The van der Waals surface area contributed by atoms with E-state index in [1.54, 1.807) is 18.3 Å². The van der Waals surface area contributed by atoms with Gasteiger partial charge in [0.15, 0.2) is 0 Å². The second-order valence-electron chi connectivity index (χ2n) is 5.50. The van der Waals surface area contributed by atoms with Crippen LogP contribution in [-0.4, -0.2) is 29.1 Å². The minimum absolute atomic E-state index is 0.00514. The minimum atomic E-state index is -0.279. The number of halogens is 1. The minimum Gasteiger partial charge on any atom is -0.396 e. The standard InChI is InChI=1S/C18H21FN2O2/c19-16-7-4-14(5-8-16)6-9-18(23)21-12-15(13-22)11-17-3-1-2-10-20-17/h1-5,7-8,10,15,22H,6,9,11-13H2,(H,21,23). The van der Waals surface area contributed by atoms with Gasteiger partial charge in [-0.2, -0.15) is 0 Å². The lowest BCUT2D eigenvalue weighted by Crippen LogP contribution is -2.32. The molecule has 2 N–H and O–H groups in total. The lowest BCUT2D eigenvalue weighted by atomic mass is 10.0. The van der Waals surface area contributed by atoms with E-state index in [1.807, 2.05) is 18.2 Å². The quantitative estimate of drug-likeness (QED) is 0.784. The summed E-state index contributed by atoms with van der Waals surface area (Å²) in [6.45, 7) is 0.407. The highest BCUT2D eigenvalue weighted by atomic mass is 19.1. The van der Waals surface area contributed by atoms with Crippen molar-refractivity contribution in [3.63, 3.8) is 0 Å². The summed E-state index contributed by atoms with van der Waals surface area (Å²) in [7, 11) is 0. The van der Waals surface area contributed by atoms with Crippen molar-refractivity contribution in [1.29, 1.82) is 0 Å². The van der Waals surface area contributed by atoms with E-state index in [4.69, 9.17) is 0 Å². The van der Waals surface area contributed by atoms with E-state index in [9.17, 15) is 14.3 Å². The highest BCUT2D eigenvalue weighted by Crippen LogP contribution is 2.07. The molecule has 0 aliphatic heterocycles. The monoisotopic (exact) mass is 316 g/mol. The van der Waals surface area contributed by atoms with Crippen LogP contribution in [0.2, 0.25) is 0 Å². The van der Waals surface area contributed by atoms with Gasteiger partial charge in [0.05, 0.1) is 0 Å². The topological polar surface area (TPSA) is 62.2 Å². The molecule has 0 fully saturated rings. The molecule has 2 rings (SSSR count). The van der Waals surface area contributed by atoms with E-state index in [1.165, 1.54) is 12.1 Å². The molecule has 1 atom stereocenters. The molecule has 1 aromatic carbocycles. The number of carbonyl (C=O) groups is 1. The Balaban J connectivity index is 1.72. The normalized spacial score (nSPS) is 11.9. The molecular formula is C18H21FN2O2. The molecule has 122 valence electrons. The fourth-order valence-electron chi connectivity index (χ4n) is 2.27. The van der Waals surface area contributed by atoms with Crippen LogP contribution >= 0.6 is 0 Å². The maximum Gasteiger partial charge on any atom is 0.220 e. The predicted octanol–water partition coefficient (Wildman–Crippen LogP) is 2.12. The summed E-state index contributed by atoms with van der Waals surface area (Å²) < 4.78 is 12.8. The van der Waals surface area contributed by atoms with Gasteiger partial charge in [-0.25, -0.2) is 4.39 Å². The van der Waals surface area contributed by atoms with Crippen LogP contribution in [0.4, 0.5) is 4.39 Å². The molecule has 0 saturated heterocycles. The number of rotatable bonds is 8. The molecule has 0 bridgehead atoms. The van der Waals surface area contributed by atoms with Crippen molar-refractivity contribution in [1.82, 2.24) is 10.3 Å². The number of nitrogens with one attached hydrogen (secondary N) is 1. The van der Waals surface area contributed by atoms with Crippen molar-refractivity contribution in [2.45, 2.75) is 19.3 Å². The Labute approximate surface area is 135 Å².